The van der Waals surface area contributed by atoms with Crippen LogP contribution >= 0.6 is 47.1 Å². The van der Waals surface area contributed by atoms with Crippen molar-refractivity contribution >= 4 is 53.0 Å². The zero-order valence-corrected chi connectivity index (χ0v) is 19.9. The molecule has 1 aromatic heterocycles. The number of halogens is 1. The minimum absolute atomic E-state index is 0. The van der Waals surface area contributed by atoms with Crippen molar-refractivity contribution in [3.63, 3.8) is 0 Å². The third kappa shape index (κ3) is 9.72. The Labute approximate surface area is 183 Å². The van der Waals surface area contributed by atoms with Crippen molar-refractivity contribution in [1.82, 2.24) is 20.5 Å². The Bertz CT molecular complexity index is 501. The molecule has 1 aliphatic rings. The van der Waals surface area contributed by atoms with E-state index in [1.807, 2.05) is 30.4 Å². The normalized spacial score (nSPS) is 18.6. The lowest BCUT2D eigenvalue weighted by atomic mass is 10.2. The molecule has 2 heterocycles. The van der Waals surface area contributed by atoms with Crippen LogP contribution in [0.15, 0.2) is 20.9 Å². The van der Waals surface area contributed by atoms with Gasteiger partial charge in [0.1, 0.15) is 4.34 Å². The number of thioether (sulfide) groups is 1. The van der Waals surface area contributed by atoms with Gasteiger partial charge in [-0.25, -0.2) is 4.98 Å². The molecule has 0 bridgehead atoms. The molecule has 0 aromatic carbocycles. The smallest absolute Gasteiger partial charge is 0.191 e. The number of ether oxygens (including phenoxy) is 1. The highest BCUT2D eigenvalue weighted by Crippen LogP contribution is 2.20. The molecule has 0 radical (unpaired) electrons. The molecule has 0 saturated carbocycles. The quantitative estimate of drug-likeness (QED) is 0.174. The molecule has 1 atom stereocenters. The summed E-state index contributed by atoms with van der Waals surface area (Å²) in [6.45, 7) is 10.2. The van der Waals surface area contributed by atoms with Crippen molar-refractivity contribution in [3.8, 4) is 0 Å². The Hall–Kier alpha value is -0.100. The summed E-state index contributed by atoms with van der Waals surface area (Å²) in [4.78, 5) is 11.1. The van der Waals surface area contributed by atoms with E-state index in [0.717, 1.165) is 61.8 Å². The Morgan fingerprint density at radius 2 is 2.35 bits per heavy atom. The number of aromatic nitrogens is 1. The van der Waals surface area contributed by atoms with Crippen LogP contribution in [0.3, 0.4) is 0 Å². The Morgan fingerprint density at radius 1 is 1.50 bits per heavy atom. The van der Waals surface area contributed by atoms with Gasteiger partial charge in [-0.15, -0.1) is 35.3 Å². The SMILES string of the molecule is CN=C(NCCCSc1nccs1)NCC1CN(CC(C)C)CCO1.I. The molecule has 1 saturated heterocycles. The van der Waals surface area contributed by atoms with Gasteiger partial charge in [0.15, 0.2) is 5.96 Å². The van der Waals surface area contributed by atoms with Crippen LogP contribution in [0.25, 0.3) is 0 Å². The molecular weight excluding hydrogens is 481 g/mol. The Morgan fingerprint density at radius 3 is 3.04 bits per heavy atom. The van der Waals surface area contributed by atoms with Crippen LogP contribution in [-0.2, 0) is 4.74 Å². The highest BCUT2D eigenvalue weighted by Gasteiger charge is 2.20. The maximum Gasteiger partial charge on any atom is 0.191 e. The first kappa shape index (κ1) is 23.9. The van der Waals surface area contributed by atoms with Gasteiger partial charge in [-0.1, -0.05) is 25.6 Å². The van der Waals surface area contributed by atoms with Crippen molar-refractivity contribution in [2.45, 2.75) is 30.7 Å². The highest BCUT2D eigenvalue weighted by atomic mass is 127. The van der Waals surface area contributed by atoms with Crippen molar-refractivity contribution < 1.29 is 4.74 Å². The lowest BCUT2D eigenvalue weighted by Gasteiger charge is -2.34. The molecule has 2 N–H and O–H groups in total. The summed E-state index contributed by atoms with van der Waals surface area (Å²) in [6, 6.07) is 0. The number of morpholine rings is 1. The number of nitrogens with one attached hydrogen (secondary N) is 2. The molecule has 150 valence electrons. The molecule has 0 amide bonds. The number of rotatable bonds is 9. The Kier molecular flexibility index (Phi) is 12.9. The van der Waals surface area contributed by atoms with Crippen LogP contribution in [0.1, 0.15) is 20.3 Å². The number of hydrogen-bond donors (Lipinski definition) is 2. The van der Waals surface area contributed by atoms with Crippen molar-refractivity contribution in [2.75, 3.05) is 52.1 Å². The number of nitrogens with zero attached hydrogens (tertiary/aromatic N) is 3. The third-order valence-electron chi connectivity index (χ3n) is 3.82. The molecular formula is C17H32IN5OS2. The average molecular weight is 514 g/mol. The second-order valence-corrected chi connectivity index (χ2v) is 8.76. The van der Waals surface area contributed by atoms with Gasteiger partial charge in [0.25, 0.3) is 0 Å². The minimum Gasteiger partial charge on any atom is -0.374 e. The Balaban J connectivity index is 0.00000338. The van der Waals surface area contributed by atoms with Crippen LogP contribution in [0.5, 0.6) is 0 Å². The van der Waals surface area contributed by atoms with Gasteiger partial charge in [-0.3, -0.25) is 9.89 Å². The molecule has 26 heavy (non-hydrogen) atoms. The minimum atomic E-state index is 0. The first-order valence-electron chi connectivity index (χ1n) is 8.98. The van der Waals surface area contributed by atoms with Gasteiger partial charge in [-0.05, 0) is 12.3 Å². The molecule has 1 aliphatic heterocycles. The van der Waals surface area contributed by atoms with E-state index < -0.39 is 0 Å². The fourth-order valence-corrected chi connectivity index (χ4v) is 4.38. The summed E-state index contributed by atoms with van der Waals surface area (Å²) in [7, 11) is 1.81. The van der Waals surface area contributed by atoms with Crippen LogP contribution < -0.4 is 10.6 Å². The van der Waals surface area contributed by atoms with E-state index in [1.165, 1.54) is 0 Å². The topological polar surface area (TPSA) is 61.8 Å². The van der Waals surface area contributed by atoms with Crippen molar-refractivity contribution in [3.05, 3.63) is 11.6 Å². The maximum atomic E-state index is 5.87. The predicted octanol–water partition coefficient (Wildman–Crippen LogP) is 2.77. The number of aliphatic imine (C=N–C) groups is 1. The van der Waals surface area contributed by atoms with E-state index in [0.29, 0.717) is 5.92 Å². The largest absolute Gasteiger partial charge is 0.374 e. The van der Waals surface area contributed by atoms with Crippen LogP contribution in [0.4, 0.5) is 0 Å². The molecule has 1 aromatic rings. The van der Waals surface area contributed by atoms with Crippen LogP contribution in [0, 0.1) is 5.92 Å². The van der Waals surface area contributed by atoms with Crippen LogP contribution in [-0.4, -0.2) is 74.1 Å². The average Bonchev–Trinajstić information content (AvgIpc) is 3.10. The molecule has 1 unspecified atom stereocenters. The van der Waals surface area contributed by atoms with Crippen molar-refractivity contribution in [2.24, 2.45) is 10.9 Å². The van der Waals surface area contributed by atoms with E-state index in [-0.39, 0.29) is 30.1 Å². The van der Waals surface area contributed by atoms with E-state index in [1.54, 1.807) is 11.3 Å². The predicted molar refractivity (Wildman–Crippen MR) is 123 cm³/mol. The standard InChI is InChI=1S/C17H31N5OS2.HI/c1-14(2)12-22-7-8-23-15(13-22)11-21-16(18-3)19-5-4-9-24-17-20-6-10-25-17;/h6,10,14-15H,4-5,7-9,11-13H2,1-3H3,(H2,18,19,21);1H. The zero-order chi connectivity index (χ0) is 17.9. The highest BCUT2D eigenvalue weighted by molar-refractivity contribution is 14.0. The van der Waals surface area contributed by atoms with Crippen LogP contribution in [0.2, 0.25) is 0 Å². The van der Waals surface area contributed by atoms with Gasteiger partial charge in [0.2, 0.25) is 0 Å². The number of thiazole rings is 1. The molecule has 2 rings (SSSR count). The molecule has 0 aliphatic carbocycles. The summed E-state index contributed by atoms with van der Waals surface area (Å²) in [5, 5.41) is 8.78. The summed E-state index contributed by atoms with van der Waals surface area (Å²) < 4.78 is 7.01. The molecule has 9 heteroatoms. The zero-order valence-electron chi connectivity index (χ0n) is 15.9. The summed E-state index contributed by atoms with van der Waals surface area (Å²) in [5.74, 6) is 2.61. The summed E-state index contributed by atoms with van der Waals surface area (Å²) >= 11 is 3.51. The fourth-order valence-electron chi connectivity index (χ4n) is 2.74. The second-order valence-electron chi connectivity index (χ2n) is 6.53. The molecule has 6 nitrogen and oxygen atoms in total. The summed E-state index contributed by atoms with van der Waals surface area (Å²) in [5.41, 5.74) is 0. The maximum absolute atomic E-state index is 5.87. The van der Waals surface area contributed by atoms with E-state index >= 15 is 0 Å². The van der Waals surface area contributed by atoms with Crippen molar-refractivity contribution in [1.29, 1.82) is 0 Å². The van der Waals surface area contributed by atoms with Gasteiger partial charge < -0.3 is 15.4 Å². The lowest BCUT2D eigenvalue weighted by molar-refractivity contribution is -0.0284. The summed E-state index contributed by atoms with van der Waals surface area (Å²) in [6.07, 6.45) is 3.16. The van der Waals surface area contributed by atoms with Gasteiger partial charge >= 0.3 is 0 Å². The van der Waals surface area contributed by atoms with E-state index in [2.05, 4.69) is 39.4 Å². The first-order valence-corrected chi connectivity index (χ1v) is 10.8. The van der Waals surface area contributed by atoms with Gasteiger partial charge in [-0.2, -0.15) is 0 Å². The van der Waals surface area contributed by atoms with E-state index in [9.17, 15) is 0 Å². The second kappa shape index (κ2) is 14.0. The molecule has 0 spiro atoms. The fraction of sp³-hybridized carbons (Fsp3) is 0.765. The van der Waals surface area contributed by atoms with Gasteiger partial charge in [0.05, 0.1) is 12.7 Å². The third-order valence-corrected chi connectivity index (χ3v) is 5.87. The number of guanidine groups is 1. The van der Waals surface area contributed by atoms with Gasteiger partial charge in [0, 0.05) is 57.1 Å². The van der Waals surface area contributed by atoms with E-state index in [4.69, 9.17) is 4.74 Å². The lowest BCUT2D eigenvalue weighted by Crippen LogP contribution is -2.50. The molecule has 1 fully saturated rings. The first-order chi connectivity index (χ1) is 12.2. The monoisotopic (exact) mass is 513 g/mol. The number of hydrogen-bond acceptors (Lipinski definition) is 6.